The highest BCUT2D eigenvalue weighted by Gasteiger charge is 2.42. The van der Waals surface area contributed by atoms with Gasteiger partial charge in [-0.1, -0.05) is 46.9 Å². The maximum absolute atomic E-state index is 6.58. The molecule has 1 saturated heterocycles. The van der Waals surface area contributed by atoms with Gasteiger partial charge in [-0.3, -0.25) is 4.98 Å². The van der Waals surface area contributed by atoms with Gasteiger partial charge < -0.3 is 24.1 Å². The second-order valence-electron chi connectivity index (χ2n) is 8.26. The van der Waals surface area contributed by atoms with E-state index in [0.717, 1.165) is 11.4 Å². The van der Waals surface area contributed by atoms with Crippen molar-refractivity contribution in [2.45, 2.75) is 12.1 Å². The summed E-state index contributed by atoms with van der Waals surface area (Å²) in [6, 6.07) is 19.9. The summed E-state index contributed by atoms with van der Waals surface area (Å²) in [5, 5.41) is 5.27. The molecule has 3 heterocycles. The monoisotopic (exact) mass is 573 g/mol. The molecule has 1 fully saturated rings. The Bertz CT molecular complexity index is 1420. The number of aromatic nitrogens is 1. The highest BCUT2D eigenvalue weighted by atomic mass is 35.5. The number of hydrogen-bond acceptors (Lipinski definition) is 5. The summed E-state index contributed by atoms with van der Waals surface area (Å²) in [6.45, 7) is 0.856. The average molecular weight is 575 g/mol. The molecule has 1 N–H and O–H groups in total. The molecular weight excluding hydrogens is 553 g/mol. The molecule has 10 heteroatoms. The maximum Gasteiger partial charge on any atom is 0.174 e. The summed E-state index contributed by atoms with van der Waals surface area (Å²) in [6.07, 6.45) is 1.75. The quantitative estimate of drug-likeness (QED) is 0.173. The van der Waals surface area contributed by atoms with E-state index in [0.29, 0.717) is 56.2 Å². The number of anilines is 1. The van der Waals surface area contributed by atoms with Crippen LogP contribution >= 0.6 is 47.0 Å². The molecular formula is C27H22Cl3N3O3S. The van der Waals surface area contributed by atoms with Gasteiger partial charge in [0.25, 0.3) is 0 Å². The number of nitrogens with one attached hydrogen (secondary N) is 1. The van der Waals surface area contributed by atoms with Crippen LogP contribution in [0.1, 0.15) is 23.5 Å². The lowest BCUT2D eigenvalue weighted by Gasteiger charge is -2.26. The first-order valence-electron chi connectivity index (χ1n) is 11.4. The van der Waals surface area contributed by atoms with Gasteiger partial charge in [0.2, 0.25) is 0 Å². The standard InChI is InChI=1S/C27H22Cl3N3O3S/c1-34-13-14-35-22-9-8-16(15-19(22)29)33-26(25(32-27(33)37)20-7-2-3-12-31-20)23-11-10-21(36-23)17-5-4-6-18(28)24(17)30/h2-12,15,25-26H,13-14H2,1H3,(H,32,37)/t25-,26-/m1/s1. The number of rotatable bonds is 8. The van der Waals surface area contributed by atoms with E-state index >= 15 is 0 Å². The van der Waals surface area contributed by atoms with Gasteiger partial charge in [-0.2, -0.15) is 0 Å². The molecule has 0 aliphatic carbocycles. The van der Waals surface area contributed by atoms with Crippen molar-refractivity contribution in [3.63, 3.8) is 0 Å². The molecule has 2 aromatic heterocycles. The van der Waals surface area contributed by atoms with Crippen molar-refractivity contribution >= 4 is 57.8 Å². The summed E-state index contributed by atoms with van der Waals surface area (Å²) in [4.78, 5) is 6.55. The van der Waals surface area contributed by atoms with Crippen LogP contribution in [0, 0.1) is 0 Å². The summed E-state index contributed by atoms with van der Waals surface area (Å²) >= 11 is 25.1. The number of hydrogen-bond donors (Lipinski definition) is 1. The fourth-order valence-electron chi connectivity index (χ4n) is 4.26. The minimum atomic E-state index is -0.356. The Balaban J connectivity index is 1.55. The number of benzene rings is 2. The third-order valence-electron chi connectivity index (χ3n) is 5.97. The fourth-order valence-corrected chi connectivity index (χ4v) is 5.23. The van der Waals surface area contributed by atoms with Crippen LogP contribution < -0.4 is 15.0 Å². The fraction of sp³-hybridized carbons (Fsp3) is 0.185. The molecule has 1 aliphatic heterocycles. The number of thiocarbonyl (C=S) groups is 1. The number of methoxy groups -OCH3 is 1. The first-order valence-corrected chi connectivity index (χ1v) is 13.0. The first kappa shape index (κ1) is 25.8. The molecule has 0 radical (unpaired) electrons. The van der Waals surface area contributed by atoms with Crippen molar-refractivity contribution in [3.8, 4) is 17.1 Å². The molecule has 190 valence electrons. The van der Waals surface area contributed by atoms with E-state index in [4.69, 9.17) is 60.9 Å². The van der Waals surface area contributed by atoms with E-state index in [9.17, 15) is 0 Å². The van der Waals surface area contributed by atoms with Gasteiger partial charge >= 0.3 is 0 Å². The van der Waals surface area contributed by atoms with Gasteiger partial charge in [-0.05, 0) is 66.8 Å². The molecule has 37 heavy (non-hydrogen) atoms. The third kappa shape index (κ3) is 5.28. The molecule has 2 aromatic carbocycles. The normalized spacial score (nSPS) is 17.2. The Morgan fingerprint density at radius 3 is 2.62 bits per heavy atom. The van der Waals surface area contributed by atoms with Gasteiger partial charge in [0.15, 0.2) is 5.11 Å². The first-order chi connectivity index (χ1) is 18.0. The molecule has 0 bridgehead atoms. The predicted octanol–water partition coefficient (Wildman–Crippen LogP) is 7.50. The Morgan fingerprint density at radius 1 is 1.00 bits per heavy atom. The highest BCUT2D eigenvalue weighted by Crippen LogP contribution is 2.45. The summed E-state index contributed by atoms with van der Waals surface area (Å²) < 4.78 is 17.2. The van der Waals surface area contributed by atoms with Crippen molar-refractivity contribution in [1.29, 1.82) is 0 Å². The van der Waals surface area contributed by atoms with Crippen LogP contribution in [0.3, 0.4) is 0 Å². The zero-order chi connectivity index (χ0) is 25.9. The number of halogens is 3. The number of pyridine rings is 1. The minimum absolute atomic E-state index is 0.279. The Hall–Kier alpha value is -2.81. The minimum Gasteiger partial charge on any atom is -0.490 e. The smallest absolute Gasteiger partial charge is 0.174 e. The van der Waals surface area contributed by atoms with Crippen LogP contribution in [0.15, 0.2) is 77.3 Å². The van der Waals surface area contributed by atoms with Crippen molar-refractivity contribution < 1.29 is 13.9 Å². The second kappa shape index (κ2) is 11.3. The molecule has 0 spiro atoms. The van der Waals surface area contributed by atoms with E-state index in [1.54, 1.807) is 19.4 Å². The van der Waals surface area contributed by atoms with Crippen LogP contribution in [-0.4, -0.2) is 30.4 Å². The lowest BCUT2D eigenvalue weighted by atomic mass is 10.0. The number of furan rings is 1. The van der Waals surface area contributed by atoms with E-state index < -0.39 is 0 Å². The summed E-state index contributed by atoms with van der Waals surface area (Å²) in [5.74, 6) is 1.83. The van der Waals surface area contributed by atoms with Crippen LogP contribution in [0.4, 0.5) is 5.69 Å². The zero-order valence-electron chi connectivity index (χ0n) is 19.7. The van der Waals surface area contributed by atoms with E-state index in [1.165, 1.54) is 0 Å². The highest BCUT2D eigenvalue weighted by molar-refractivity contribution is 7.80. The average Bonchev–Trinajstić information content (AvgIpc) is 3.52. The van der Waals surface area contributed by atoms with Crippen molar-refractivity contribution in [1.82, 2.24) is 10.3 Å². The van der Waals surface area contributed by atoms with Gasteiger partial charge in [-0.15, -0.1) is 0 Å². The van der Waals surface area contributed by atoms with Gasteiger partial charge in [0, 0.05) is 24.6 Å². The van der Waals surface area contributed by atoms with E-state index in [1.807, 2.05) is 65.6 Å². The maximum atomic E-state index is 6.58. The van der Waals surface area contributed by atoms with E-state index in [-0.39, 0.29) is 12.1 Å². The van der Waals surface area contributed by atoms with Crippen LogP contribution in [0.2, 0.25) is 15.1 Å². The SMILES string of the molecule is COCCOc1ccc(N2C(=S)N[C@H](c3ccccn3)[C@H]2c2ccc(-c3cccc(Cl)c3Cl)o2)cc1Cl. The Labute approximate surface area is 235 Å². The summed E-state index contributed by atoms with van der Waals surface area (Å²) in [7, 11) is 1.62. The molecule has 0 unspecified atom stereocenters. The topological polar surface area (TPSA) is 59.8 Å². The predicted molar refractivity (Wildman–Crippen MR) is 151 cm³/mol. The molecule has 4 aromatic rings. The van der Waals surface area contributed by atoms with Crippen molar-refractivity contribution in [2.24, 2.45) is 0 Å². The zero-order valence-corrected chi connectivity index (χ0v) is 22.7. The Morgan fingerprint density at radius 2 is 1.86 bits per heavy atom. The van der Waals surface area contributed by atoms with Crippen LogP contribution in [-0.2, 0) is 4.74 Å². The van der Waals surface area contributed by atoms with Crippen molar-refractivity contribution in [2.75, 3.05) is 25.2 Å². The van der Waals surface area contributed by atoms with Gasteiger partial charge in [-0.25, -0.2) is 0 Å². The third-order valence-corrected chi connectivity index (χ3v) is 7.40. The van der Waals surface area contributed by atoms with Crippen LogP contribution in [0.25, 0.3) is 11.3 Å². The number of ether oxygens (including phenoxy) is 2. The number of nitrogens with zero attached hydrogens (tertiary/aromatic N) is 2. The second-order valence-corrected chi connectivity index (χ2v) is 9.84. The lowest BCUT2D eigenvalue weighted by molar-refractivity contribution is 0.146. The lowest BCUT2D eigenvalue weighted by Crippen LogP contribution is -2.29. The molecule has 5 rings (SSSR count). The molecule has 2 atom stereocenters. The molecule has 1 aliphatic rings. The molecule has 0 saturated carbocycles. The molecule has 0 amide bonds. The summed E-state index contributed by atoms with van der Waals surface area (Å²) in [5.41, 5.74) is 2.31. The molecule has 6 nitrogen and oxygen atoms in total. The van der Waals surface area contributed by atoms with Gasteiger partial charge in [0.1, 0.15) is 29.9 Å². The largest absolute Gasteiger partial charge is 0.490 e. The van der Waals surface area contributed by atoms with Crippen molar-refractivity contribution in [3.05, 3.63) is 99.4 Å². The van der Waals surface area contributed by atoms with Gasteiger partial charge in [0.05, 0.1) is 33.4 Å². The van der Waals surface area contributed by atoms with E-state index in [2.05, 4.69) is 10.3 Å². The Kier molecular flexibility index (Phi) is 7.88. The van der Waals surface area contributed by atoms with Crippen LogP contribution in [0.5, 0.6) is 5.75 Å².